The Morgan fingerprint density at radius 2 is 1.97 bits per heavy atom. The van der Waals surface area contributed by atoms with Gasteiger partial charge in [-0.3, -0.25) is 0 Å². The number of halogens is 3. The molecular formula is C26H30F3N7O2. The predicted octanol–water partition coefficient (Wildman–Crippen LogP) is 4.32. The maximum Gasteiger partial charge on any atom is 0.421 e. The number of piperidine rings is 1. The number of likely N-dealkylation sites (tertiary alicyclic amines) is 1. The van der Waals surface area contributed by atoms with Gasteiger partial charge in [-0.1, -0.05) is 6.92 Å². The number of hydrogen-bond acceptors (Lipinski definition) is 8. The first kappa shape index (κ1) is 26.3. The molecule has 3 aromatic rings. The van der Waals surface area contributed by atoms with Gasteiger partial charge in [0.25, 0.3) is 0 Å². The van der Waals surface area contributed by atoms with Crippen molar-refractivity contribution in [3.63, 3.8) is 0 Å². The van der Waals surface area contributed by atoms with Gasteiger partial charge in [0.1, 0.15) is 22.8 Å². The first-order valence-corrected chi connectivity index (χ1v) is 13.0. The fourth-order valence-corrected chi connectivity index (χ4v) is 5.15. The van der Waals surface area contributed by atoms with Crippen molar-refractivity contribution in [2.45, 2.75) is 45.3 Å². The molecule has 0 N–H and O–H groups in total. The van der Waals surface area contributed by atoms with E-state index in [9.17, 15) is 18.4 Å². The molecular weight excluding hydrogens is 499 g/mol. The topological polar surface area (TPSA) is 102 Å². The molecule has 0 aromatic carbocycles. The van der Waals surface area contributed by atoms with E-state index in [0.29, 0.717) is 43.3 Å². The van der Waals surface area contributed by atoms with Crippen LogP contribution in [0.5, 0.6) is 5.88 Å². The molecule has 0 aliphatic carbocycles. The molecule has 2 fully saturated rings. The van der Waals surface area contributed by atoms with Gasteiger partial charge in [0.15, 0.2) is 5.65 Å². The predicted molar refractivity (Wildman–Crippen MR) is 132 cm³/mol. The Labute approximate surface area is 218 Å². The van der Waals surface area contributed by atoms with Crippen molar-refractivity contribution in [2.24, 2.45) is 11.8 Å². The second-order valence-electron chi connectivity index (χ2n) is 9.90. The van der Waals surface area contributed by atoms with E-state index in [1.54, 1.807) is 10.9 Å². The Hall–Kier alpha value is -3.30. The quantitative estimate of drug-likeness (QED) is 0.425. The summed E-state index contributed by atoms with van der Waals surface area (Å²) in [7, 11) is 0. The molecule has 2 aliphatic rings. The molecule has 0 saturated carbocycles. The molecule has 0 radical (unpaired) electrons. The monoisotopic (exact) mass is 529 g/mol. The lowest BCUT2D eigenvalue weighted by atomic mass is 9.94. The summed E-state index contributed by atoms with van der Waals surface area (Å²) in [5.41, 5.74) is -0.0647. The number of nitriles is 1. The third kappa shape index (κ3) is 5.73. The van der Waals surface area contributed by atoms with Crippen molar-refractivity contribution in [1.29, 1.82) is 5.26 Å². The summed E-state index contributed by atoms with van der Waals surface area (Å²) in [6.07, 6.45) is 1.78. The largest absolute Gasteiger partial charge is 0.477 e. The fraction of sp³-hybridized carbons (Fsp3) is 0.577. The van der Waals surface area contributed by atoms with Crippen LogP contribution in [0.25, 0.3) is 22.4 Å². The number of nitrogens with zero attached hydrogens (tertiary/aromatic N) is 7. The van der Waals surface area contributed by atoms with Crippen LogP contribution in [0, 0.1) is 23.2 Å². The van der Waals surface area contributed by atoms with Crippen molar-refractivity contribution < 1.29 is 22.6 Å². The van der Waals surface area contributed by atoms with Crippen LogP contribution < -0.4 is 4.74 Å². The maximum absolute atomic E-state index is 14.1. The lowest BCUT2D eigenvalue weighted by Crippen LogP contribution is -2.33. The van der Waals surface area contributed by atoms with Gasteiger partial charge in [0.05, 0.1) is 19.5 Å². The average Bonchev–Trinajstić information content (AvgIpc) is 3.58. The smallest absolute Gasteiger partial charge is 0.421 e. The summed E-state index contributed by atoms with van der Waals surface area (Å²) in [6, 6.07) is 2.87. The number of aromatic nitrogens is 5. The van der Waals surface area contributed by atoms with Crippen molar-refractivity contribution in [2.75, 3.05) is 39.5 Å². The molecule has 202 valence electrons. The normalized spacial score (nSPS) is 19.2. The van der Waals surface area contributed by atoms with Crippen molar-refractivity contribution in [3.8, 4) is 23.2 Å². The molecule has 12 heteroatoms. The summed E-state index contributed by atoms with van der Waals surface area (Å²) in [5, 5.41) is 9.50. The van der Waals surface area contributed by atoms with Crippen molar-refractivity contribution in [1.82, 2.24) is 29.4 Å². The van der Waals surface area contributed by atoms with Crippen LogP contribution in [0.15, 0.2) is 18.6 Å². The minimum absolute atomic E-state index is 0.0926. The molecule has 38 heavy (non-hydrogen) atoms. The highest BCUT2D eigenvalue weighted by atomic mass is 19.4. The number of pyridine rings is 1. The second-order valence-corrected chi connectivity index (χ2v) is 9.90. The van der Waals surface area contributed by atoms with Gasteiger partial charge in [-0.25, -0.2) is 15.0 Å². The van der Waals surface area contributed by atoms with Crippen LogP contribution in [-0.2, 0) is 17.5 Å². The zero-order valence-electron chi connectivity index (χ0n) is 21.2. The molecule has 9 nitrogen and oxygen atoms in total. The van der Waals surface area contributed by atoms with E-state index in [2.05, 4.69) is 31.8 Å². The molecule has 0 amide bonds. The van der Waals surface area contributed by atoms with E-state index >= 15 is 0 Å². The van der Waals surface area contributed by atoms with Crippen LogP contribution >= 0.6 is 0 Å². The summed E-state index contributed by atoms with van der Waals surface area (Å²) < 4.78 is 55.0. The SMILES string of the molecule is CCN1CCC(CCOc2ncc(-c3nc(C#N)nc4c3ncn4CC3CCOC3)cc2C(F)(F)F)CC1. The average molecular weight is 530 g/mol. The van der Waals surface area contributed by atoms with Crippen molar-refractivity contribution >= 4 is 11.2 Å². The van der Waals surface area contributed by atoms with E-state index in [1.807, 2.05) is 6.07 Å². The van der Waals surface area contributed by atoms with Crippen LogP contribution in [0.3, 0.4) is 0 Å². The minimum atomic E-state index is -4.68. The van der Waals surface area contributed by atoms with E-state index in [0.717, 1.165) is 45.0 Å². The highest BCUT2D eigenvalue weighted by molar-refractivity contribution is 5.87. The third-order valence-corrected chi connectivity index (χ3v) is 7.39. The van der Waals surface area contributed by atoms with Gasteiger partial charge in [-0.15, -0.1) is 0 Å². The van der Waals surface area contributed by atoms with Gasteiger partial charge in [0.2, 0.25) is 11.7 Å². The zero-order valence-corrected chi connectivity index (χ0v) is 21.2. The highest BCUT2D eigenvalue weighted by Gasteiger charge is 2.36. The lowest BCUT2D eigenvalue weighted by Gasteiger charge is -2.30. The van der Waals surface area contributed by atoms with E-state index in [4.69, 9.17) is 9.47 Å². The van der Waals surface area contributed by atoms with Crippen LogP contribution in [-0.4, -0.2) is 68.9 Å². The minimum Gasteiger partial charge on any atom is -0.477 e. The van der Waals surface area contributed by atoms with Gasteiger partial charge >= 0.3 is 6.18 Å². The summed E-state index contributed by atoms with van der Waals surface area (Å²) >= 11 is 0. The number of ether oxygens (including phenoxy) is 2. The molecule has 0 spiro atoms. The van der Waals surface area contributed by atoms with Gasteiger partial charge in [-0.05, 0) is 57.3 Å². The number of hydrogen-bond donors (Lipinski definition) is 0. The summed E-state index contributed by atoms with van der Waals surface area (Å²) in [4.78, 5) is 19.3. The molecule has 2 aliphatic heterocycles. The van der Waals surface area contributed by atoms with Gasteiger partial charge < -0.3 is 18.9 Å². The standard InChI is InChI=1S/C26H30F3N7O2/c1-2-35-7-3-17(4-8-35)6-10-38-25-20(26(27,28)29)11-19(13-31-25)22-23-24(34-21(12-30)33-22)36(16-32-23)14-18-5-9-37-15-18/h11,13,16-18H,2-10,14-15H2,1H3. The number of fused-ring (bicyclic) bond motifs is 1. The molecule has 3 aromatic heterocycles. The Bertz CT molecular complexity index is 1310. The van der Waals surface area contributed by atoms with Crippen LogP contribution in [0.1, 0.15) is 44.0 Å². The Morgan fingerprint density at radius 1 is 1.16 bits per heavy atom. The molecule has 1 unspecified atom stereocenters. The van der Waals surface area contributed by atoms with E-state index in [1.165, 1.54) is 6.20 Å². The number of alkyl halides is 3. The molecule has 2 saturated heterocycles. The van der Waals surface area contributed by atoms with Gasteiger partial charge in [0, 0.05) is 30.8 Å². The highest BCUT2D eigenvalue weighted by Crippen LogP contribution is 2.38. The summed E-state index contributed by atoms with van der Waals surface area (Å²) in [6.45, 7) is 7.18. The lowest BCUT2D eigenvalue weighted by molar-refractivity contribution is -0.139. The maximum atomic E-state index is 14.1. The summed E-state index contributed by atoms with van der Waals surface area (Å²) in [5.74, 6) is 0.0891. The first-order valence-electron chi connectivity index (χ1n) is 13.0. The third-order valence-electron chi connectivity index (χ3n) is 7.39. The molecule has 5 rings (SSSR count). The van der Waals surface area contributed by atoms with E-state index in [-0.39, 0.29) is 29.6 Å². The number of rotatable bonds is 8. The Kier molecular flexibility index (Phi) is 7.76. The van der Waals surface area contributed by atoms with Crippen LogP contribution in [0.4, 0.5) is 13.2 Å². The molecule has 0 bridgehead atoms. The second kappa shape index (κ2) is 11.2. The first-order chi connectivity index (χ1) is 18.4. The number of imidazole rings is 1. The molecule has 5 heterocycles. The van der Waals surface area contributed by atoms with Crippen molar-refractivity contribution in [3.05, 3.63) is 30.0 Å². The zero-order chi connectivity index (χ0) is 26.7. The van der Waals surface area contributed by atoms with E-state index < -0.39 is 17.6 Å². The Balaban J connectivity index is 1.40. The Morgan fingerprint density at radius 3 is 2.66 bits per heavy atom. The fourth-order valence-electron chi connectivity index (χ4n) is 5.15. The van der Waals surface area contributed by atoms with Crippen LogP contribution in [0.2, 0.25) is 0 Å². The molecule has 1 atom stereocenters. The van der Waals surface area contributed by atoms with Gasteiger partial charge in [-0.2, -0.15) is 23.4 Å².